The number of aromatic amines is 1. The molecule has 0 unspecified atom stereocenters. The van der Waals surface area contributed by atoms with Gasteiger partial charge in [-0.05, 0) is 31.0 Å². The molecule has 0 bridgehead atoms. The largest absolute Gasteiger partial charge is 0.354 e. The van der Waals surface area contributed by atoms with Gasteiger partial charge in [-0.2, -0.15) is 0 Å². The lowest BCUT2D eigenvalue weighted by molar-refractivity contribution is -0.120. The van der Waals surface area contributed by atoms with Gasteiger partial charge in [-0.25, -0.2) is 15.0 Å². The first-order valence-electron chi connectivity index (χ1n) is 8.27. The Kier molecular flexibility index (Phi) is 4.65. The van der Waals surface area contributed by atoms with Gasteiger partial charge in [-0.3, -0.25) is 4.79 Å². The van der Waals surface area contributed by atoms with Crippen molar-refractivity contribution in [1.82, 2.24) is 19.9 Å². The lowest BCUT2D eigenvalue weighted by atomic mass is 9.97. The topological polar surface area (TPSA) is 86.8 Å². The van der Waals surface area contributed by atoms with Crippen LogP contribution >= 0.6 is 23.2 Å². The van der Waals surface area contributed by atoms with E-state index in [-0.39, 0.29) is 11.8 Å². The molecule has 0 aliphatic carbocycles. The number of halogens is 2. The molecule has 1 fully saturated rings. The third kappa shape index (κ3) is 3.32. The quantitative estimate of drug-likeness (QED) is 0.714. The zero-order valence-corrected chi connectivity index (χ0v) is 15.3. The molecular weight excluding hydrogens is 375 g/mol. The van der Waals surface area contributed by atoms with Crippen LogP contribution in [0.3, 0.4) is 0 Å². The number of imidazole rings is 1. The van der Waals surface area contributed by atoms with E-state index >= 15 is 0 Å². The number of rotatable bonds is 3. The molecule has 134 valence electrons. The van der Waals surface area contributed by atoms with E-state index in [4.69, 9.17) is 23.2 Å². The summed E-state index contributed by atoms with van der Waals surface area (Å²) in [5.74, 6) is 0.548. The van der Waals surface area contributed by atoms with E-state index in [0.717, 1.165) is 30.7 Å². The van der Waals surface area contributed by atoms with Gasteiger partial charge in [0.2, 0.25) is 5.91 Å². The summed E-state index contributed by atoms with van der Waals surface area (Å²) in [5, 5.41) is 3.86. The maximum atomic E-state index is 12.7. The van der Waals surface area contributed by atoms with Crippen LogP contribution in [0.5, 0.6) is 0 Å². The lowest BCUT2D eigenvalue weighted by Gasteiger charge is -2.32. The third-order valence-corrected chi connectivity index (χ3v) is 5.03. The van der Waals surface area contributed by atoms with Crippen LogP contribution in [0.4, 0.5) is 11.5 Å². The smallest absolute Gasteiger partial charge is 0.229 e. The molecule has 0 radical (unpaired) electrons. The number of amides is 1. The zero-order valence-electron chi connectivity index (χ0n) is 13.7. The number of nitrogens with one attached hydrogen (secondary N) is 2. The summed E-state index contributed by atoms with van der Waals surface area (Å²) in [6.45, 7) is 1.40. The molecule has 1 aliphatic heterocycles. The maximum absolute atomic E-state index is 12.7. The van der Waals surface area contributed by atoms with Gasteiger partial charge in [-0.15, -0.1) is 0 Å². The van der Waals surface area contributed by atoms with E-state index in [0.29, 0.717) is 27.9 Å². The average molecular weight is 391 g/mol. The van der Waals surface area contributed by atoms with Crippen molar-refractivity contribution in [1.29, 1.82) is 0 Å². The summed E-state index contributed by atoms with van der Waals surface area (Å²) < 4.78 is 0. The maximum Gasteiger partial charge on any atom is 0.229 e. The van der Waals surface area contributed by atoms with Crippen molar-refractivity contribution in [3.8, 4) is 0 Å². The minimum atomic E-state index is -0.163. The van der Waals surface area contributed by atoms with Crippen molar-refractivity contribution in [2.24, 2.45) is 5.92 Å². The molecule has 2 aromatic heterocycles. The first kappa shape index (κ1) is 17.1. The minimum absolute atomic E-state index is 0.0613. The Bertz CT molecular complexity index is 959. The molecule has 1 atom stereocenters. The summed E-state index contributed by atoms with van der Waals surface area (Å²) in [5.41, 5.74) is 1.97. The molecule has 1 aliphatic rings. The van der Waals surface area contributed by atoms with E-state index in [1.165, 1.54) is 6.33 Å². The molecule has 7 nitrogen and oxygen atoms in total. The lowest BCUT2D eigenvalue weighted by Crippen LogP contribution is -2.41. The predicted octanol–water partition coefficient (Wildman–Crippen LogP) is 3.51. The van der Waals surface area contributed by atoms with Gasteiger partial charge in [0.05, 0.1) is 23.0 Å². The average Bonchev–Trinajstić information content (AvgIpc) is 3.13. The molecule has 3 aromatic rings. The molecule has 0 saturated carbocycles. The van der Waals surface area contributed by atoms with E-state index in [2.05, 4.69) is 30.2 Å². The monoisotopic (exact) mass is 390 g/mol. The van der Waals surface area contributed by atoms with Gasteiger partial charge in [0.25, 0.3) is 0 Å². The Morgan fingerprint density at radius 2 is 2.15 bits per heavy atom. The molecule has 4 rings (SSSR count). The number of H-pyrrole nitrogens is 1. The van der Waals surface area contributed by atoms with Crippen LogP contribution in [0.1, 0.15) is 12.8 Å². The van der Waals surface area contributed by atoms with Crippen molar-refractivity contribution in [3.05, 3.63) is 40.9 Å². The van der Waals surface area contributed by atoms with Gasteiger partial charge in [0.1, 0.15) is 11.8 Å². The number of nitrogens with zero attached hydrogens (tertiary/aromatic N) is 4. The highest BCUT2D eigenvalue weighted by Gasteiger charge is 2.28. The van der Waals surface area contributed by atoms with E-state index in [9.17, 15) is 4.79 Å². The van der Waals surface area contributed by atoms with Crippen molar-refractivity contribution in [3.63, 3.8) is 0 Å². The first-order valence-corrected chi connectivity index (χ1v) is 9.02. The van der Waals surface area contributed by atoms with Crippen LogP contribution in [-0.2, 0) is 4.79 Å². The SMILES string of the molecule is O=C(Nc1ccc(Cl)cc1Cl)[C@H]1CCCN(c2ncnc3nc[nH]c23)C1. The van der Waals surface area contributed by atoms with Gasteiger partial charge in [0, 0.05) is 18.1 Å². The minimum Gasteiger partial charge on any atom is -0.354 e. The Labute approximate surface area is 159 Å². The first-order chi connectivity index (χ1) is 12.6. The van der Waals surface area contributed by atoms with E-state index < -0.39 is 0 Å². The number of aromatic nitrogens is 4. The summed E-state index contributed by atoms with van der Waals surface area (Å²) >= 11 is 12.1. The molecule has 3 heterocycles. The van der Waals surface area contributed by atoms with Gasteiger partial charge in [0.15, 0.2) is 11.5 Å². The van der Waals surface area contributed by atoms with Crippen molar-refractivity contribution >= 4 is 51.8 Å². The molecule has 1 amide bonds. The van der Waals surface area contributed by atoms with E-state index in [1.807, 2.05) is 0 Å². The number of carbonyl (C=O) groups is 1. The zero-order chi connectivity index (χ0) is 18.1. The molecule has 2 N–H and O–H groups in total. The molecule has 0 spiro atoms. The van der Waals surface area contributed by atoms with Crippen LogP contribution < -0.4 is 10.2 Å². The fourth-order valence-corrected chi connectivity index (χ4v) is 3.66. The van der Waals surface area contributed by atoms with Crippen molar-refractivity contribution in [2.75, 3.05) is 23.3 Å². The van der Waals surface area contributed by atoms with Crippen LogP contribution in [0.15, 0.2) is 30.9 Å². The summed E-state index contributed by atoms with van der Waals surface area (Å²) in [6, 6.07) is 5.02. The van der Waals surface area contributed by atoms with Crippen LogP contribution in [0.25, 0.3) is 11.2 Å². The van der Waals surface area contributed by atoms with Crippen LogP contribution in [-0.4, -0.2) is 38.9 Å². The highest BCUT2D eigenvalue weighted by molar-refractivity contribution is 6.36. The van der Waals surface area contributed by atoms with Crippen LogP contribution in [0, 0.1) is 5.92 Å². The standard InChI is InChI=1S/C17H16Cl2N6O/c18-11-3-4-13(12(19)6-11)24-17(26)10-2-1-5-25(7-10)16-14-15(21-8-20-14)22-9-23-16/h3-4,6,8-10H,1-2,5,7H2,(H,24,26)(H,20,21,22,23)/t10-/m0/s1. The second-order valence-electron chi connectivity index (χ2n) is 6.20. The molecule has 26 heavy (non-hydrogen) atoms. The van der Waals surface area contributed by atoms with Crippen molar-refractivity contribution < 1.29 is 4.79 Å². The Hall–Kier alpha value is -2.38. The normalized spacial score (nSPS) is 17.5. The van der Waals surface area contributed by atoms with Crippen molar-refractivity contribution in [2.45, 2.75) is 12.8 Å². The molecule has 1 aromatic carbocycles. The third-order valence-electron chi connectivity index (χ3n) is 4.48. The number of hydrogen-bond donors (Lipinski definition) is 2. The Balaban J connectivity index is 1.51. The summed E-state index contributed by atoms with van der Waals surface area (Å²) in [6.07, 6.45) is 4.80. The second-order valence-corrected chi connectivity index (χ2v) is 7.04. The summed E-state index contributed by atoms with van der Waals surface area (Å²) in [4.78, 5) is 30.6. The van der Waals surface area contributed by atoms with Gasteiger partial charge < -0.3 is 15.2 Å². The summed E-state index contributed by atoms with van der Waals surface area (Å²) in [7, 11) is 0. The van der Waals surface area contributed by atoms with Gasteiger partial charge >= 0.3 is 0 Å². The number of benzene rings is 1. The number of carbonyl (C=O) groups excluding carboxylic acids is 1. The highest BCUT2D eigenvalue weighted by atomic mass is 35.5. The highest BCUT2D eigenvalue weighted by Crippen LogP contribution is 2.29. The van der Waals surface area contributed by atoms with Crippen LogP contribution in [0.2, 0.25) is 10.0 Å². The van der Waals surface area contributed by atoms with E-state index in [1.54, 1.807) is 24.5 Å². The number of piperidine rings is 1. The Morgan fingerprint density at radius 3 is 3.00 bits per heavy atom. The fraction of sp³-hybridized carbons (Fsp3) is 0.294. The fourth-order valence-electron chi connectivity index (χ4n) is 3.20. The molecule has 9 heteroatoms. The van der Waals surface area contributed by atoms with Gasteiger partial charge in [-0.1, -0.05) is 23.2 Å². The number of fused-ring (bicyclic) bond motifs is 1. The number of hydrogen-bond acceptors (Lipinski definition) is 5. The number of anilines is 2. The molecular formula is C17H16Cl2N6O. The molecule has 1 saturated heterocycles. The predicted molar refractivity (Wildman–Crippen MR) is 102 cm³/mol. The Morgan fingerprint density at radius 1 is 1.27 bits per heavy atom. The second kappa shape index (κ2) is 7.09.